The molecule has 27 heavy (non-hydrogen) atoms. The molecule has 4 aromatic rings. The van der Waals surface area contributed by atoms with Crippen LogP contribution in [0.4, 0.5) is 0 Å². The van der Waals surface area contributed by atoms with Gasteiger partial charge in [-0.25, -0.2) is 0 Å². The first-order valence-corrected chi connectivity index (χ1v) is 8.59. The van der Waals surface area contributed by atoms with E-state index >= 15 is 0 Å². The third-order valence-corrected chi connectivity index (χ3v) is 4.23. The fraction of sp³-hybridized carbons (Fsp3) is 0.0455. The van der Waals surface area contributed by atoms with Gasteiger partial charge in [0.15, 0.2) is 11.5 Å². The standard InChI is InChI=1S/C22H17N3O2/c26-22(19-14-20(27-25-19)18-12-7-13-23-15-18)24-21(16-8-3-1-4-9-16)17-10-5-2-6-11-17/h1-15,21H,(H,24,26). The Labute approximate surface area is 156 Å². The predicted molar refractivity (Wildman–Crippen MR) is 102 cm³/mol. The lowest BCUT2D eigenvalue weighted by Crippen LogP contribution is -2.29. The maximum absolute atomic E-state index is 12.8. The summed E-state index contributed by atoms with van der Waals surface area (Å²) in [4.78, 5) is 16.9. The second-order valence-electron chi connectivity index (χ2n) is 6.05. The molecule has 5 heteroatoms. The number of amides is 1. The first kappa shape index (κ1) is 16.7. The molecule has 0 aliphatic heterocycles. The summed E-state index contributed by atoms with van der Waals surface area (Å²) >= 11 is 0. The van der Waals surface area contributed by atoms with Gasteiger partial charge in [-0.2, -0.15) is 0 Å². The van der Waals surface area contributed by atoms with Crippen molar-refractivity contribution in [2.24, 2.45) is 0 Å². The number of nitrogens with one attached hydrogen (secondary N) is 1. The van der Waals surface area contributed by atoms with Crippen LogP contribution in [0.2, 0.25) is 0 Å². The van der Waals surface area contributed by atoms with Gasteiger partial charge < -0.3 is 9.84 Å². The van der Waals surface area contributed by atoms with E-state index in [0.29, 0.717) is 5.76 Å². The predicted octanol–water partition coefficient (Wildman–Crippen LogP) is 4.26. The second kappa shape index (κ2) is 7.66. The van der Waals surface area contributed by atoms with Gasteiger partial charge in [-0.05, 0) is 23.3 Å². The van der Waals surface area contributed by atoms with E-state index in [2.05, 4.69) is 15.5 Å². The lowest BCUT2D eigenvalue weighted by molar-refractivity contribution is 0.0934. The minimum absolute atomic E-state index is 0.228. The van der Waals surface area contributed by atoms with E-state index in [4.69, 9.17) is 4.52 Å². The van der Waals surface area contributed by atoms with Crippen LogP contribution in [0.25, 0.3) is 11.3 Å². The van der Waals surface area contributed by atoms with E-state index in [9.17, 15) is 4.79 Å². The topological polar surface area (TPSA) is 68.0 Å². The first-order valence-electron chi connectivity index (χ1n) is 8.59. The lowest BCUT2D eigenvalue weighted by Gasteiger charge is -2.19. The van der Waals surface area contributed by atoms with Crippen LogP contribution >= 0.6 is 0 Å². The van der Waals surface area contributed by atoms with Gasteiger partial charge in [-0.3, -0.25) is 9.78 Å². The Morgan fingerprint density at radius 1 is 0.889 bits per heavy atom. The normalized spacial score (nSPS) is 10.7. The summed E-state index contributed by atoms with van der Waals surface area (Å²) in [5.41, 5.74) is 2.98. The van der Waals surface area contributed by atoms with Crippen LogP contribution in [-0.4, -0.2) is 16.0 Å². The summed E-state index contributed by atoms with van der Waals surface area (Å²) in [5, 5.41) is 6.97. The molecule has 1 amide bonds. The molecule has 0 fully saturated rings. The van der Waals surface area contributed by atoms with Gasteiger partial charge in [-0.15, -0.1) is 0 Å². The van der Waals surface area contributed by atoms with Crippen LogP contribution in [0.5, 0.6) is 0 Å². The number of pyridine rings is 1. The lowest BCUT2D eigenvalue weighted by atomic mass is 9.98. The molecule has 0 saturated heterocycles. The summed E-state index contributed by atoms with van der Waals surface area (Å²) in [7, 11) is 0. The van der Waals surface area contributed by atoms with Gasteiger partial charge >= 0.3 is 0 Å². The largest absolute Gasteiger partial charge is 0.355 e. The summed E-state index contributed by atoms with van der Waals surface area (Å²) in [6.45, 7) is 0. The molecule has 4 rings (SSSR count). The SMILES string of the molecule is O=C(NC(c1ccccc1)c1ccccc1)c1cc(-c2cccnc2)on1. The maximum Gasteiger partial charge on any atom is 0.274 e. The van der Waals surface area contributed by atoms with E-state index in [1.807, 2.05) is 66.7 Å². The van der Waals surface area contributed by atoms with E-state index in [1.54, 1.807) is 24.5 Å². The van der Waals surface area contributed by atoms with Crippen molar-refractivity contribution in [3.63, 3.8) is 0 Å². The van der Waals surface area contributed by atoms with E-state index < -0.39 is 0 Å². The molecular formula is C22H17N3O2. The third-order valence-electron chi connectivity index (χ3n) is 4.23. The first-order chi connectivity index (χ1) is 13.3. The summed E-state index contributed by atoms with van der Waals surface area (Å²) in [6, 6.07) is 24.7. The molecule has 1 N–H and O–H groups in total. The quantitative estimate of drug-likeness (QED) is 0.581. The van der Waals surface area contributed by atoms with Gasteiger partial charge in [0.1, 0.15) is 0 Å². The molecule has 5 nitrogen and oxygen atoms in total. The number of rotatable bonds is 5. The Kier molecular flexibility index (Phi) is 4.74. The van der Waals surface area contributed by atoms with Crippen LogP contribution in [0.3, 0.4) is 0 Å². The molecule has 2 aromatic heterocycles. The van der Waals surface area contributed by atoms with Crippen LogP contribution in [0.1, 0.15) is 27.7 Å². The number of hydrogen-bond acceptors (Lipinski definition) is 4. The van der Waals surface area contributed by atoms with E-state index in [0.717, 1.165) is 16.7 Å². The highest BCUT2D eigenvalue weighted by Crippen LogP contribution is 2.23. The Hall–Kier alpha value is -3.73. The van der Waals surface area contributed by atoms with Crippen molar-refractivity contribution < 1.29 is 9.32 Å². The number of carbonyl (C=O) groups excluding carboxylic acids is 1. The zero-order chi connectivity index (χ0) is 18.5. The number of nitrogens with zero attached hydrogens (tertiary/aromatic N) is 2. The van der Waals surface area contributed by atoms with E-state index in [-0.39, 0.29) is 17.6 Å². The van der Waals surface area contributed by atoms with Crippen LogP contribution in [-0.2, 0) is 0 Å². The Bertz CT molecular complexity index is 976. The molecule has 2 aromatic carbocycles. The summed E-state index contributed by atoms with van der Waals surface area (Å²) in [6.07, 6.45) is 3.34. The Morgan fingerprint density at radius 2 is 1.56 bits per heavy atom. The molecule has 0 radical (unpaired) electrons. The van der Waals surface area contributed by atoms with Gasteiger partial charge in [-0.1, -0.05) is 65.8 Å². The Morgan fingerprint density at radius 3 is 2.15 bits per heavy atom. The number of benzene rings is 2. The fourth-order valence-corrected chi connectivity index (χ4v) is 2.88. The van der Waals surface area contributed by atoms with Gasteiger partial charge in [0, 0.05) is 24.0 Å². The summed E-state index contributed by atoms with van der Waals surface area (Å²) in [5.74, 6) is 0.204. The number of aromatic nitrogens is 2. The van der Waals surface area contributed by atoms with Crippen molar-refractivity contribution in [2.45, 2.75) is 6.04 Å². The Balaban J connectivity index is 1.60. The highest BCUT2D eigenvalue weighted by atomic mass is 16.5. The molecule has 0 aliphatic rings. The molecule has 132 valence electrons. The van der Waals surface area contributed by atoms with Crippen LogP contribution in [0.15, 0.2) is 95.8 Å². The molecule has 0 saturated carbocycles. The van der Waals surface area contributed by atoms with Gasteiger partial charge in [0.25, 0.3) is 5.91 Å². The zero-order valence-electron chi connectivity index (χ0n) is 14.4. The minimum atomic E-state index is -0.299. The average Bonchev–Trinajstić information content (AvgIpc) is 3.24. The molecule has 0 bridgehead atoms. The van der Waals surface area contributed by atoms with Crippen molar-refractivity contribution in [3.05, 3.63) is 108 Å². The van der Waals surface area contributed by atoms with Crippen LogP contribution in [0, 0.1) is 0 Å². The number of hydrogen-bond donors (Lipinski definition) is 1. The molecular weight excluding hydrogens is 338 g/mol. The monoisotopic (exact) mass is 355 g/mol. The zero-order valence-corrected chi connectivity index (χ0v) is 14.4. The maximum atomic E-state index is 12.8. The molecule has 2 heterocycles. The van der Waals surface area contributed by atoms with E-state index in [1.165, 1.54) is 0 Å². The fourth-order valence-electron chi connectivity index (χ4n) is 2.88. The van der Waals surface area contributed by atoms with Crippen molar-refractivity contribution in [1.82, 2.24) is 15.5 Å². The molecule has 0 atom stereocenters. The van der Waals surface area contributed by atoms with Gasteiger partial charge in [0.2, 0.25) is 0 Å². The smallest absolute Gasteiger partial charge is 0.274 e. The second-order valence-corrected chi connectivity index (χ2v) is 6.05. The molecule has 0 aliphatic carbocycles. The van der Waals surface area contributed by atoms with Gasteiger partial charge in [0.05, 0.1) is 6.04 Å². The van der Waals surface area contributed by atoms with Crippen molar-refractivity contribution >= 4 is 5.91 Å². The van der Waals surface area contributed by atoms with Crippen molar-refractivity contribution in [2.75, 3.05) is 0 Å². The molecule has 0 unspecified atom stereocenters. The minimum Gasteiger partial charge on any atom is -0.355 e. The molecule has 0 spiro atoms. The van der Waals surface area contributed by atoms with Crippen LogP contribution < -0.4 is 5.32 Å². The highest BCUT2D eigenvalue weighted by Gasteiger charge is 2.20. The van der Waals surface area contributed by atoms with Crippen molar-refractivity contribution in [1.29, 1.82) is 0 Å². The highest BCUT2D eigenvalue weighted by molar-refractivity contribution is 5.93. The third kappa shape index (κ3) is 3.77. The summed E-state index contributed by atoms with van der Waals surface area (Å²) < 4.78 is 5.31. The average molecular weight is 355 g/mol. The van der Waals surface area contributed by atoms with Crippen molar-refractivity contribution in [3.8, 4) is 11.3 Å². The number of carbonyl (C=O) groups is 1.